The number of benzene rings is 4. The first-order valence-electron chi connectivity index (χ1n) is 10.9. The molecule has 0 saturated heterocycles. The minimum Gasteiger partial charge on any atom is -1.00 e. The molecular formula is C32H28ClZr. The minimum absolute atomic E-state index is 0. The quantitative estimate of drug-likeness (QED) is 0.314. The van der Waals surface area contributed by atoms with Crippen molar-refractivity contribution >= 4 is 0 Å². The Morgan fingerprint density at radius 3 is 1.91 bits per heavy atom. The Morgan fingerprint density at radius 2 is 1.29 bits per heavy atom. The first-order valence-corrected chi connectivity index (χ1v) is 10.9. The van der Waals surface area contributed by atoms with Crippen LogP contribution in [0.15, 0.2) is 127 Å². The van der Waals surface area contributed by atoms with E-state index in [1.807, 2.05) is 6.07 Å². The number of hydrogen-bond acceptors (Lipinski definition) is 0. The number of hydrogen-bond donors (Lipinski definition) is 0. The summed E-state index contributed by atoms with van der Waals surface area (Å²) in [5, 5.41) is 0. The molecule has 167 valence electrons. The molecule has 1 radical (unpaired) electrons. The minimum atomic E-state index is 0. The number of allylic oxidation sites excluding steroid dienone is 4. The van der Waals surface area contributed by atoms with Crippen LogP contribution in [0, 0.1) is 13.5 Å². The number of halogens is 1. The van der Waals surface area contributed by atoms with Crippen molar-refractivity contribution in [2.24, 2.45) is 0 Å². The summed E-state index contributed by atoms with van der Waals surface area (Å²) in [5.74, 6) is 0.410. The first kappa shape index (κ1) is 27.8. The van der Waals surface area contributed by atoms with Crippen LogP contribution in [0.4, 0.5) is 0 Å². The van der Waals surface area contributed by atoms with E-state index in [4.69, 9.17) is 0 Å². The van der Waals surface area contributed by atoms with E-state index in [1.54, 1.807) is 0 Å². The first-order chi connectivity index (χ1) is 15.4. The van der Waals surface area contributed by atoms with Gasteiger partial charge in [0.25, 0.3) is 0 Å². The van der Waals surface area contributed by atoms with Crippen molar-refractivity contribution in [3.8, 4) is 11.1 Å². The predicted octanol–water partition coefficient (Wildman–Crippen LogP) is 5.21. The second-order valence-corrected chi connectivity index (χ2v) is 8.04. The van der Waals surface area contributed by atoms with Crippen molar-refractivity contribution in [2.75, 3.05) is 0 Å². The summed E-state index contributed by atoms with van der Waals surface area (Å²) >= 11 is 0. The van der Waals surface area contributed by atoms with Crippen LogP contribution < -0.4 is 12.4 Å². The summed E-state index contributed by atoms with van der Waals surface area (Å²) in [7, 11) is 0. The molecule has 1 unspecified atom stereocenters. The van der Waals surface area contributed by atoms with Crippen LogP contribution in [0.5, 0.6) is 0 Å². The third kappa shape index (κ3) is 6.15. The van der Waals surface area contributed by atoms with E-state index in [0.717, 1.165) is 12.8 Å². The van der Waals surface area contributed by atoms with Gasteiger partial charge in [0.05, 0.1) is 0 Å². The number of fused-ring (bicyclic) bond motifs is 3. The summed E-state index contributed by atoms with van der Waals surface area (Å²) in [4.78, 5) is 0. The molecule has 2 heteroatoms. The van der Waals surface area contributed by atoms with Crippen molar-refractivity contribution in [3.05, 3.63) is 163 Å². The average molecular weight is 539 g/mol. The van der Waals surface area contributed by atoms with E-state index < -0.39 is 0 Å². The van der Waals surface area contributed by atoms with Gasteiger partial charge in [0.15, 0.2) is 0 Å². The van der Waals surface area contributed by atoms with Gasteiger partial charge in [-0.2, -0.15) is 24.3 Å². The molecule has 0 aliphatic heterocycles. The average Bonchev–Trinajstić information content (AvgIpc) is 3.47. The zero-order valence-electron chi connectivity index (χ0n) is 19.4. The summed E-state index contributed by atoms with van der Waals surface area (Å²) in [6.07, 6.45) is 8.76. The van der Waals surface area contributed by atoms with E-state index in [0.29, 0.717) is 5.92 Å². The van der Waals surface area contributed by atoms with Gasteiger partial charge in [-0.3, -0.25) is 0 Å². The molecular weight excluding hydrogens is 511 g/mol. The van der Waals surface area contributed by atoms with Crippen LogP contribution in [0.2, 0.25) is 0 Å². The van der Waals surface area contributed by atoms with Crippen LogP contribution in [-0.4, -0.2) is 0 Å². The van der Waals surface area contributed by atoms with E-state index in [-0.39, 0.29) is 46.0 Å². The van der Waals surface area contributed by atoms with Gasteiger partial charge in [-0.05, 0) is 29.5 Å². The summed E-state index contributed by atoms with van der Waals surface area (Å²) in [6.45, 7) is 0. The van der Waals surface area contributed by atoms with Crippen molar-refractivity contribution in [1.29, 1.82) is 0 Å². The Kier molecular flexibility index (Phi) is 11.0. The van der Waals surface area contributed by atoms with Gasteiger partial charge in [-0.15, -0.1) is 11.1 Å². The molecule has 2 aliphatic rings. The van der Waals surface area contributed by atoms with E-state index in [1.165, 1.54) is 39.0 Å². The van der Waals surface area contributed by atoms with Gasteiger partial charge in [0.2, 0.25) is 0 Å². The fraction of sp³-hybridized carbons (Fsp3) is 0.0938. The van der Waals surface area contributed by atoms with Gasteiger partial charge in [0, 0.05) is 5.92 Å². The van der Waals surface area contributed by atoms with Gasteiger partial charge in [-0.1, -0.05) is 114 Å². The van der Waals surface area contributed by atoms with Crippen molar-refractivity contribution in [2.45, 2.75) is 18.8 Å². The maximum absolute atomic E-state index is 3.45. The third-order valence-corrected chi connectivity index (χ3v) is 6.00. The monoisotopic (exact) mass is 537 g/mol. The van der Waals surface area contributed by atoms with Crippen LogP contribution in [-0.2, 0) is 32.6 Å². The molecule has 1 atom stereocenters. The zero-order chi connectivity index (χ0) is 20.9. The third-order valence-electron chi connectivity index (χ3n) is 6.00. The molecule has 0 saturated carbocycles. The van der Waals surface area contributed by atoms with Crippen LogP contribution in [0.3, 0.4) is 0 Å². The topological polar surface area (TPSA) is 0 Å². The van der Waals surface area contributed by atoms with Crippen LogP contribution in [0.1, 0.15) is 34.6 Å². The fourth-order valence-corrected chi connectivity index (χ4v) is 4.56. The molecule has 0 N–H and O–H groups in total. The predicted molar refractivity (Wildman–Crippen MR) is 137 cm³/mol. The van der Waals surface area contributed by atoms with Crippen molar-refractivity contribution in [3.63, 3.8) is 0 Å². The summed E-state index contributed by atoms with van der Waals surface area (Å²) in [5.41, 5.74) is 9.73. The van der Waals surface area contributed by atoms with Gasteiger partial charge >= 0.3 is 26.2 Å². The molecule has 4 aromatic carbocycles. The Morgan fingerprint density at radius 1 is 0.706 bits per heavy atom. The standard InChI is InChI=1S/C18H13.C13H12.CH3.ClH.Zr/c1-2-8-13(7-1)18-16-11-5-3-9-14(16)15-10-4-6-12-17(15)18;1-3-7-12(8-4-1)11-13-9-5-2-6-10-13;;;/h1-7,9-11,18H,8H2;1-10H,11H2;1H3;1H;/q-1;;-1;;+3/p-1. The molecule has 0 bridgehead atoms. The van der Waals surface area contributed by atoms with Gasteiger partial charge in [-0.25, -0.2) is 0 Å². The van der Waals surface area contributed by atoms with Gasteiger partial charge in [0.1, 0.15) is 0 Å². The molecule has 6 rings (SSSR count). The molecule has 34 heavy (non-hydrogen) atoms. The van der Waals surface area contributed by atoms with Crippen molar-refractivity contribution in [1.82, 2.24) is 0 Å². The van der Waals surface area contributed by atoms with E-state index in [9.17, 15) is 0 Å². The Balaban J connectivity index is 0.000000231. The molecule has 0 nitrogen and oxygen atoms in total. The maximum atomic E-state index is 3.45. The van der Waals surface area contributed by atoms with Crippen LogP contribution in [0.25, 0.3) is 11.1 Å². The second-order valence-electron chi connectivity index (χ2n) is 8.04. The van der Waals surface area contributed by atoms with Crippen molar-refractivity contribution < 1.29 is 38.6 Å². The molecule has 0 heterocycles. The number of rotatable bonds is 3. The molecule has 0 spiro atoms. The van der Waals surface area contributed by atoms with Crippen LogP contribution >= 0.6 is 0 Å². The Labute approximate surface area is 230 Å². The largest absolute Gasteiger partial charge is 3.00 e. The zero-order valence-corrected chi connectivity index (χ0v) is 22.6. The fourth-order valence-electron chi connectivity index (χ4n) is 4.56. The normalized spacial score (nSPS) is 14.1. The molecule has 4 aromatic rings. The molecule has 2 aliphatic carbocycles. The maximum Gasteiger partial charge on any atom is 3.00 e. The Hall–Kier alpha value is -2.47. The summed E-state index contributed by atoms with van der Waals surface area (Å²) < 4.78 is 0. The molecule has 0 fully saturated rings. The SMILES string of the molecule is [CH3-].[Cl-].[Zr+3].[c-]1cccc2c1C(C1=CC=CC1)c1ccccc1-2.c1ccc(Cc2ccccc2)cc1. The Bertz CT molecular complexity index is 1140. The molecule has 0 amide bonds. The summed E-state index contributed by atoms with van der Waals surface area (Å²) in [6, 6.07) is 39.6. The second kappa shape index (κ2) is 13.4. The molecule has 0 aromatic heterocycles. The van der Waals surface area contributed by atoms with E-state index >= 15 is 0 Å². The smallest absolute Gasteiger partial charge is 1.00 e. The van der Waals surface area contributed by atoms with Gasteiger partial charge < -0.3 is 19.8 Å². The van der Waals surface area contributed by atoms with E-state index in [2.05, 4.69) is 121 Å².